The standard InChI is InChI=1S/C25H28N3O5/c1-25(2,3)33-24(32)27(4)21(23(30)31)14-17-16-28(20-13-9-8-12-19(17)20)22(29)15-26-18-10-6-5-7-11-18/h5-13,21,26H,14-15H2,1-4H3,(H,30,31). The van der Waals surface area contributed by atoms with Gasteiger partial charge < -0.3 is 15.2 Å². The molecule has 33 heavy (non-hydrogen) atoms. The normalized spacial score (nSPS) is 12.2. The maximum absolute atomic E-state index is 12.9. The van der Waals surface area contributed by atoms with E-state index >= 15 is 0 Å². The predicted octanol–water partition coefficient (Wildman–Crippen LogP) is 4.06. The smallest absolute Gasteiger partial charge is 0.410 e. The van der Waals surface area contributed by atoms with Crippen LogP contribution in [0.4, 0.5) is 10.5 Å². The quantitative estimate of drug-likeness (QED) is 0.563. The SMILES string of the molecule is CN(C(=O)OC(C)(C)C)C(Cc1[c]n(C(=O)CNc2ccccc2)c2ccccc12)C(=O)O. The zero-order chi connectivity index (χ0) is 24.2. The van der Waals surface area contributed by atoms with Crippen LogP contribution in [0.2, 0.25) is 0 Å². The van der Waals surface area contributed by atoms with Crippen LogP contribution in [-0.2, 0) is 16.0 Å². The summed E-state index contributed by atoms with van der Waals surface area (Å²) in [6.45, 7) is 5.18. The first-order valence-corrected chi connectivity index (χ1v) is 10.6. The molecule has 1 unspecified atom stereocenters. The average Bonchev–Trinajstić information content (AvgIpc) is 3.13. The summed E-state index contributed by atoms with van der Waals surface area (Å²) in [7, 11) is 1.39. The number of rotatable bonds is 7. The molecule has 1 aromatic heterocycles. The van der Waals surface area contributed by atoms with Crippen LogP contribution in [0.3, 0.4) is 0 Å². The van der Waals surface area contributed by atoms with Gasteiger partial charge in [0.1, 0.15) is 11.6 Å². The summed E-state index contributed by atoms with van der Waals surface area (Å²) >= 11 is 0. The van der Waals surface area contributed by atoms with Crippen LogP contribution in [-0.4, -0.2) is 57.8 Å². The molecule has 1 amide bonds. The fourth-order valence-corrected chi connectivity index (χ4v) is 3.39. The summed E-state index contributed by atoms with van der Waals surface area (Å²) in [6.07, 6.45) is 2.27. The van der Waals surface area contributed by atoms with Gasteiger partial charge in [0.25, 0.3) is 5.91 Å². The molecule has 1 heterocycles. The Labute approximate surface area is 192 Å². The van der Waals surface area contributed by atoms with E-state index in [0.717, 1.165) is 10.6 Å². The summed E-state index contributed by atoms with van der Waals surface area (Å²) in [5.74, 6) is -1.42. The molecule has 0 saturated heterocycles. The van der Waals surface area contributed by atoms with Gasteiger partial charge >= 0.3 is 12.1 Å². The second-order valence-electron chi connectivity index (χ2n) is 8.71. The number of carbonyl (C=O) groups is 3. The molecule has 0 fully saturated rings. The molecule has 2 N–H and O–H groups in total. The minimum Gasteiger partial charge on any atom is -0.480 e. The number of nitrogens with one attached hydrogen (secondary N) is 1. The number of ether oxygens (including phenoxy) is 1. The summed E-state index contributed by atoms with van der Waals surface area (Å²) < 4.78 is 6.71. The van der Waals surface area contributed by atoms with Gasteiger partial charge in [-0.3, -0.25) is 14.3 Å². The number of hydrogen-bond acceptors (Lipinski definition) is 5. The number of benzene rings is 2. The van der Waals surface area contributed by atoms with Gasteiger partial charge in [-0.05, 0) is 44.5 Å². The lowest BCUT2D eigenvalue weighted by atomic mass is 10.0. The van der Waals surface area contributed by atoms with E-state index in [-0.39, 0.29) is 18.9 Å². The number of hydrogen-bond donors (Lipinski definition) is 2. The molecule has 3 rings (SSSR count). The molecule has 0 spiro atoms. The van der Waals surface area contributed by atoms with E-state index in [9.17, 15) is 19.5 Å². The Bertz CT molecular complexity index is 1150. The van der Waals surface area contributed by atoms with Gasteiger partial charge in [0.15, 0.2) is 0 Å². The molecule has 1 atom stereocenters. The van der Waals surface area contributed by atoms with Crippen LogP contribution in [0.25, 0.3) is 10.9 Å². The first-order valence-electron chi connectivity index (χ1n) is 10.6. The Morgan fingerprint density at radius 2 is 1.73 bits per heavy atom. The van der Waals surface area contributed by atoms with Crippen LogP contribution in [0.15, 0.2) is 54.6 Å². The van der Waals surface area contributed by atoms with Gasteiger partial charge in [0.2, 0.25) is 0 Å². The Balaban J connectivity index is 1.86. The molecule has 0 bridgehead atoms. The van der Waals surface area contributed by atoms with Crippen molar-refractivity contribution in [2.75, 3.05) is 18.9 Å². The second kappa shape index (κ2) is 9.77. The van der Waals surface area contributed by atoms with Crippen molar-refractivity contribution in [2.24, 2.45) is 0 Å². The molecule has 0 aliphatic heterocycles. The summed E-state index contributed by atoms with van der Waals surface area (Å²) in [4.78, 5) is 38.5. The number of para-hydroxylation sites is 2. The zero-order valence-corrected chi connectivity index (χ0v) is 19.2. The number of fused-ring (bicyclic) bond motifs is 1. The first-order chi connectivity index (χ1) is 15.6. The number of nitrogens with zero attached hydrogens (tertiary/aromatic N) is 2. The second-order valence-corrected chi connectivity index (χ2v) is 8.71. The van der Waals surface area contributed by atoms with Crippen molar-refractivity contribution in [1.82, 2.24) is 9.47 Å². The Hall–Kier alpha value is -3.81. The number of carboxylic acid groups (broad SMARTS) is 1. The van der Waals surface area contributed by atoms with Crippen molar-refractivity contribution in [3.63, 3.8) is 0 Å². The number of likely N-dealkylation sites (N-methyl/N-ethyl adjacent to an activating group) is 1. The molecular formula is C25H28N3O5. The lowest BCUT2D eigenvalue weighted by Crippen LogP contribution is -2.46. The molecule has 1 radical (unpaired) electrons. The lowest BCUT2D eigenvalue weighted by Gasteiger charge is -2.28. The molecule has 0 aliphatic carbocycles. The van der Waals surface area contributed by atoms with E-state index in [1.807, 2.05) is 42.5 Å². The van der Waals surface area contributed by atoms with Crippen LogP contribution in [0, 0.1) is 6.20 Å². The highest BCUT2D eigenvalue weighted by Gasteiger charge is 2.31. The van der Waals surface area contributed by atoms with E-state index in [1.165, 1.54) is 11.6 Å². The van der Waals surface area contributed by atoms with E-state index in [1.54, 1.807) is 32.9 Å². The number of anilines is 1. The minimum absolute atomic E-state index is 0.0298. The van der Waals surface area contributed by atoms with E-state index in [2.05, 4.69) is 11.5 Å². The molecule has 3 aromatic rings. The van der Waals surface area contributed by atoms with Gasteiger partial charge in [-0.25, -0.2) is 9.59 Å². The number of carbonyl (C=O) groups excluding carboxylic acids is 2. The van der Waals surface area contributed by atoms with E-state index in [0.29, 0.717) is 16.5 Å². The highest BCUT2D eigenvalue weighted by Crippen LogP contribution is 2.24. The fourth-order valence-electron chi connectivity index (χ4n) is 3.39. The van der Waals surface area contributed by atoms with Crippen molar-refractivity contribution < 1.29 is 24.2 Å². The molecule has 0 saturated carbocycles. The highest BCUT2D eigenvalue weighted by atomic mass is 16.6. The minimum atomic E-state index is -1.19. The Morgan fingerprint density at radius 1 is 1.09 bits per heavy atom. The van der Waals surface area contributed by atoms with Gasteiger partial charge in [-0.1, -0.05) is 36.4 Å². The fraction of sp³-hybridized carbons (Fsp3) is 0.320. The van der Waals surface area contributed by atoms with Crippen molar-refractivity contribution in [3.05, 3.63) is 66.4 Å². The molecule has 8 nitrogen and oxygen atoms in total. The maximum Gasteiger partial charge on any atom is 0.410 e. The van der Waals surface area contributed by atoms with Gasteiger partial charge in [0, 0.05) is 24.5 Å². The summed E-state index contributed by atoms with van der Waals surface area (Å²) in [5.41, 5.74) is 1.21. The monoisotopic (exact) mass is 450 g/mol. The number of carboxylic acids is 1. The van der Waals surface area contributed by atoms with Crippen molar-refractivity contribution >= 4 is 34.6 Å². The largest absolute Gasteiger partial charge is 0.480 e. The highest BCUT2D eigenvalue weighted by molar-refractivity contribution is 5.96. The Kier molecular flexibility index (Phi) is 7.06. The molecule has 8 heteroatoms. The topological polar surface area (TPSA) is 101 Å². The van der Waals surface area contributed by atoms with Crippen LogP contribution in [0.1, 0.15) is 31.1 Å². The van der Waals surface area contributed by atoms with Crippen LogP contribution in [0.5, 0.6) is 0 Å². The first kappa shape index (κ1) is 23.8. The average molecular weight is 451 g/mol. The lowest BCUT2D eigenvalue weighted by molar-refractivity contribution is -0.142. The Morgan fingerprint density at radius 3 is 2.36 bits per heavy atom. The third kappa shape index (κ3) is 5.91. The summed E-state index contributed by atoms with van der Waals surface area (Å²) in [6, 6.07) is 15.4. The van der Waals surface area contributed by atoms with Gasteiger partial charge in [-0.15, -0.1) is 0 Å². The van der Waals surface area contributed by atoms with Crippen molar-refractivity contribution in [2.45, 2.75) is 38.8 Å². The van der Waals surface area contributed by atoms with Crippen molar-refractivity contribution in [3.8, 4) is 0 Å². The van der Waals surface area contributed by atoms with Crippen LogP contribution >= 0.6 is 0 Å². The van der Waals surface area contributed by atoms with Crippen molar-refractivity contribution in [1.29, 1.82) is 0 Å². The van der Waals surface area contributed by atoms with E-state index < -0.39 is 23.7 Å². The predicted molar refractivity (Wildman–Crippen MR) is 125 cm³/mol. The van der Waals surface area contributed by atoms with Gasteiger partial charge in [0.05, 0.1) is 18.3 Å². The number of aromatic nitrogens is 1. The molecule has 173 valence electrons. The zero-order valence-electron chi connectivity index (χ0n) is 19.2. The third-order valence-corrected chi connectivity index (χ3v) is 5.02. The third-order valence-electron chi connectivity index (χ3n) is 5.02. The van der Waals surface area contributed by atoms with Crippen LogP contribution < -0.4 is 5.32 Å². The van der Waals surface area contributed by atoms with Gasteiger partial charge in [-0.2, -0.15) is 0 Å². The summed E-state index contributed by atoms with van der Waals surface area (Å²) in [5, 5.41) is 13.6. The number of aliphatic carboxylic acids is 1. The van der Waals surface area contributed by atoms with E-state index in [4.69, 9.17) is 4.74 Å². The molecule has 2 aromatic carbocycles. The molecular weight excluding hydrogens is 422 g/mol. The number of amides is 1. The maximum atomic E-state index is 12.9. The molecule has 0 aliphatic rings.